The molecule has 0 heterocycles. The molecule has 0 bridgehead atoms. The molecule has 31 heavy (non-hydrogen) atoms. The van der Waals surface area contributed by atoms with E-state index in [1.807, 2.05) is 60.7 Å². The van der Waals surface area contributed by atoms with Crippen molar-refractivity contribution in [2.75, 3.05) is 6.61 Å². The number of carboxylic acids is 1. The van der Waals surface area contributed by atoms with Crippen LogP contribution in [0.2, 0.25) is 0 Å². The first kappa shape index (κ1) is 20.4. The van der Waals surface area contributed by atoms with Gasteiger partial charge in [0.1, 0.15) is 12.6 Å². The summed E-state index contributed by atoms with van der Waals surface area (Å²) in [6, 6.07) is 22.4. The number of carboxylic acid groups (broad SMARTS) is 1. The van der Waals surface area contributed by atoms with Crippen LogP contribution in [-0.4, -0.2) is 29.8 Å². The van der Waals surface area contributed by atoms with Crippen molar-refractivity contribution in [3.63, 3.8) is 0 Å². The molecule has 1 aliphatic carbocycles. The second kappa shape index (κ2) is 8.88. The Morgan fingerprint density at radius 2 is 1.55 bits per heavy atom. The van der Waals surface area contributed by atoms with E-state index >= 15 is 0 Å². The molecule has 1 unspecified atom stereocenters. The smallest absolute Gasteiger partial charge is 0.407 e. The highest BCUT2D eigenvalue weighted by atomic mass is 16.5. The zero-order valence-electron chi connectivity index (χ0n) is 17.0. The van der Waals surface area contributed by atoms with E-state index in [4.69, 9.17) is 4.74 Å². The predicted octanol–water partition coefficient (Wildman–Crippen LogP) is 4.86. The van der Waals surface area contributed by atoms with Gasteiger partial charge in [-0.1, -0.05) is 85.5 Å². The van der Waals surface area contributed by atoms with E-state index in [0.29, 0.717) is 0 Å². The molecule has 156 valence electrons. The molecule has 0 saturated heterocycles. The number of ether oxygens (including phenoxy) is 1. The number of benzene rings is 3. The average Bonchev–Trinajstić information content (AvgIpc) is 3.11. The molecule has 0 spiro atoms. The molecule has 3 aromatic rings. The van der Waals surface area contributed by atoms with Crippen LogP contribution in [0.15, 0.2) is 79.4 Å². The number of hydrogen-bond acceptors (Lipinski definition) is 3. The molecule has 0 fully saturated rings. The molecule has 1 amide bonds. The van der Waals surface area contributed by atoms with E-state index < -0.39 is 18.1 Å². The van der Waals surface area contributed by atoms with Crippen molar-refractivity contribution in [2.45, 2.75) is 18.4 Å². The van der Waals surface area contributed by atoms with E-state index in [1.54, 1.807) is 6.08 Å². The molecular formula is C26H23NO4. The van der Waals surface area contributed by atoms with E-state index in [0.717, 1.165) is 33.4 Å². The standard InChI is InChI=1S/C26H23NO4/c1-2-17-11-13-18(14-12-17)15-24(25(28)29)27-26(30)31-16-23-21-9-5-3-7-19(21)20-8-4-6-10-22(20)23/h2-14,23-24H,1,15-16H2,(H,27,30)(H,28,29). The summed E-state index contributed by atoms with van der Waals surface area (Å²) in [5.74, 6) is -1.19. The van der Waals surface area contributed by atoms with Gasteiger partial charge in [-0.15, -0.1) is 0 Å². The van der Waals surface area contributed by atoms with Crippen LogP contribution in [0.3, 0.4) is 0 Å². The summed E-state index contributed by atoms with van der Waals surface area (Å²) >= 11 is 0. The van der Waals surface area contributed by atoms with Gasteiger partial charge in [-0.2, -0.15) is 0 Å². The van der Waals surface area contributed by atoms with Crippen molar-refractivity contribution < 1.29 is 19.4 Å². The van der Waals surface area contributed by atoms with Crippen molar-refractivity contribution in [1.82, 2.24) is 5.32 Å². The van der Waals surface area contributed by atoms with Gasteiger partial charge in [-0.3, -0.25) is 0 Å². The van der Waals surface area contributed by atoms with E-state index in [-0.39, 0.29) is 18.9 Å². The first-order valence-electron chi connectivity index (χ1n) is 10.1. The first-order chi connectivity index (χ1) is 15.1. The molecule has 2 N–H and O–H groups in total. The first-order valence-corrected chi connectivity index (χ1v) is 10.1. The van der Waals surface area contributed by atoms with Crippen LogP contribution in [-0.2, 0) is 16.0 Å². The quantitative estimate of drug-likeness (QED) is 0.580. The topological polar surface area (TPSA) is 75.6 Å². The highest BCUT2D eigenvalue weighted by Gasteiger charge is 2.29. The fraction of sp³-hybridized carbons (Fsp3) is 0.154. The third-order valence-corrected chi connectivity index (χ3v) is 5.59. The molecular weight excluding hydrogens is 390 g/mol. The van der Waals surface area contributed by atoms with E-state index in [1.165, 1.54) is 0 Å². The lowest BCUT2D eigenvalue weighted by Gasteiger charge is -2.17. The molecule has 0 aliphatic heterocycles. The fourth-order valence-corrected chi connectivity index (χ4v) is 4.01. The molecule has 3 aromatic carbocycles. The molecule has 4 rings (SSSR count). The molecule has 0 saturated carbocycles. The summed E-state index contributed by atoms with van der Waals surface area (Å²) in [5, 5.41) is 12.0. The van der Waals surface area contributed by atoms with Crippen molar-refractivity contribution in [1.29, 1.82) is 0 Å². The Balaban J connectivity index is 1.42. The average molecular weight is 413 g/mol. The van der Waals surface area contributed by atoms with Gasteiger partial charge in [0.25, 0.3) is 0 Å². The number of fused-ring (bicyclic) bond motifs is 3. The Morgan fingerprint density at radius 3 is 2.10 bits per heavy atom. The van der Waals surface area contributed by atoms with Gasteiger partial charge >= 0.3 is 12.1 Å². The number of aliphatic carboxylic acids is 1. The SMILES string of the molecule is C=Cc1ccc(CC(NC(=O)OCC2c3ccccc3-c3ccccc32)C(=O)O)cc1. The zero-order valence-corrected chi connectivity index (χ0v) is 17.0. The fourth-order valence-electron chi connectivity index (χ4n) is 4.01. The lowest BCUT2D eigenvalue weighted by Crippen LogP contribution is -2.42. The van der Waals surface area contributed by atoms with Gasteiger partial charge in [-0.25, -0.2) is 9.59 Å². The van der Waals surface area contributed by atoms with Crippen LogP contribution in [0.5, 0.6) is 0 Å². The Bertz CT molecular complexity index is 1070. The second-order valence-corrected chi connectivity index (χ2v) is 7.51. The van der Waals surface area contributed by atoms with Crippen molar-refractivity contribution in [2.24, 2.45) is 0 Å². The van der Waals surface area contributed by atoms with Gasteiger partial charge in [-0.05, 0) is 33.4 Å². The maximum Gasteiger partial charge on any atom is 0.407 e. The van der Waals surface area contributed by atoms with Crippen LogP contribution < -0.4 is 5.32 Å². The third-order valence-electron chi connectivity index (χ3n) is 5.59. The summed E-state index contributed by atoms with van der Waals surface area (Å²) in [4.78, 5) is 24.1. The highest BCUT2D eigenvalue weighted by Crippen LogP contribution is 2.44. The van der Waals surface area contributed by atoms with Crippen LogP contribution in [0.4, 0.5) is 4.79 Å². The number of carbonyl (C=O) groups is 2. The van der Waals surface area contributed by atoms with Crippen LogP contribution in [0.1, 0.15) is 28.2 Å². The Kier molecular flexibility index (Phi) is 5.85. The number of carbonyl (C=O) groups excluding carboxylic acids is 1. The van der Waals surface area contributed by atoms with Crippen LogP contribution >= 0.6 is 0 Å². The molecule has 0 radical (unpaired) electrons. The van der Waals surface area contributed by atoms with Gasteiger partial charge in [0.15, 0.2) is 0 Å². The molecule has 5 heteroatoms. The maximum atomic E-state index is 12.4. The van der Waals surface area contributed by atoms with Crippen molar-refractivity contribution >= 4 is 18.1 Å². The lowest BCUT2D eigenvalue weighted by molar-refractivity contribution is -0.139. The number of hydrogen-bond donors (Lipinski definition) is 2. The van der Waals surface area contributed by atoms with Crippen molar-refractivity contribution in [3.8, 4) is 11.1 Å². The van der Waals surface area contributed by atoms with E-state index in [9.17, 15) is 14.7 Å². The number of nitrogens with one attached hydrogen (secondary N) is 1. The molecule has 1 atom stereocenters. The minimum atomic E-state index is -1.11. The lowest BCUT2D eigenvalue weighted by atomic mass is 9.98. The Morgan fingerprint density at radius 1 is 0.968 bits per heavy atom. The monoisotopic (exact) mass is 413 g/mol. The molecule has 1 aliphatic rings. The van der Waals surface area contributed by atoms with Gasteiger partial charge in [0, 0.05) is 12.3 Å². The molecule has 0 aromatic heterocycles. The van der Waals surface area contributed by atoms with Gasteiger partial charge in [0.05, 0.1) is 0 Å². The number of amides is 1. The predicted molar refractivity (Wildman–Crippen MR) is 120 cm³/mol. The Hall–Kier alpha value is -3.86. The molecule has 5 nitrogen and oxygen atoms in total. The largest absolute Gasteiger partial charge is 0.480 e. The number of rotatable bonds is 7. The van der Waals surface area contributed by atoms with Crippen LogP contribution in [0.25, 0.3) is 17.2 Å². The number of alkyl carbamates (subject to hydrolysis) is 1. The second-order valence-electron chi connectivity index (χ2n) is 7.51. The summed E-state index contributed by atoms with van der Waals surface area (Å²) in [6.45, 7) is 3.84. The maximum absolute atomic E-state index is 12.4. The summed E-state index contributed by atoms with van der Waals surface area (Å²) in [7, 11) is 0. The summed E-state index contributed by atoms with van der Waals surface area (Å²) < 4.78 is 5.47. The van der Waals surface area contributed by atoms with Gasteiger partial charge in [0.2, 0.25) is 0 Å². The Labute approximate surface area is 181 Å². The summed E-state index contributed by atoms with van der Waals surface area (Å²) in [5.41, 5.74) is 6.23. The van der Waals surface area contributed by atoms with Crippen molar-refractivity contribution in [3.05, 3.63) is 102 Å². The van der Waals surface area contributed by atoms with E-state index in [2.05, 4.69) is 24.0 Å². The third kappa shape index (κ3) is 4.36. The minimum absolute atomic E-state index is 0.0760. The summed E-state index contributed by atoms with van der Waals surface area (Å²) in [6.07, 6.45) is 1.14. The normalized spacial score (nSPS) is 13.0. The van der Waals surface area contributed by atoms with Gasteiger partial charge < -0.3 is 15.2 Å². The zero-order chi connectivity index (χ0) is 21.8. The van der Waals surface area contributed by atoms with Crippen LogP contribution in [0, 0.1) is 0 Å². The minimum Gasteiger partial charge on any atom is -0.480 e. The highest BCUT2D eigenvalue weighted by molar-refractivity contribution is 5.81.